The summed E-state index contributed by atoms with van der Waals surface area (Å²) in [6, 6.07) is 5.72. The molecule has 1 aromatic heterocycles. The van der Waals surface area contributed by atoms with Crippen LogP contribution < -0.4 is 10.1 Å². The fraction of sp³-hybridized carbons (Fsp3) is 0.471. The van der Waals surface area contributed by atoms with E-state index in [9.17, 15) is 18.0 Å². The molecule has 1 aromatic carbocycles. The SMILES string of the molecule is CCn1c(SCC(=O)NCc2ccccc2OC(F)(F)F)nnc1C1CC1. The minimum absolute atomic E-state index is 0.0561. The number of halogens is 3. The highest BCUT2D eigenvalue weighted by Crippen LogP contribution is 2.39. The van der Waals surface area contributed by atoms with Crippen LogP contribution in [0.4, 0.5) is 13.2 Å². The third-order valence-corrected chi connectivity index (χ3v) is 4.98. The lowest BCUT2D eigenvalue weighted by atomic mass is 10.2. The van der Waals surface area contributed by atoms with Gasteiger partial charge in [0.1, 0.15) is 11.6 Å². The highest BCUT2D eigenvalue weighted by molar-refractivity contribution is 7.99. The van der Waals surface area contributed by atoms with Crippen molar-refractivity contribution in [3.05, 3.63) is 35.7 Å². The van der Waals surface area contributed by atoms with Crippen molar-refractivity contribution in [2.24, 2.45) is 0 Å². The van der Waals surface area contributed by atoms with Gasteiger partial charge in [-0.2, -0.15) is 0 Å². The van der Waals surface area contributed by atoms with Gasteiger partial charge in [-0.3, -0.25) is 4.79 Å². The molecule has 1 aliphatic rings. The van der Waals surface area contributed by atoms with E-state index in [-0.39, 0.29) is 29.5 Å². The zero-order chi connectivity index (χ0) is 19.4. The maximum atomic E-state index is 12.4. The van der Waals surface area contributed by atoms with Gasteiger partial charge in [-0.1, -0.05) is 30.0 Å². The van der Waals surface area contributed by atoms with E-state index in [4.69, 9.17) is 0 Å². The van der Waals surface area contributed by atoms with Gasteiger partial charge >= 0.3 is 6.36 Å². The highest BCUT2D eigenvalue weighted by atomic mass is 32.2. The summed E-state index contributed by atoms with van der Waals surface area (Å²) < 4.78 is 43.3. The Kier molecular flexibility index (Phi) is 5.93. The molecule has 0 spiro atoms. The lowest BCUT2D eigenvalue weighted by molar-refractivity contribution is -0.274. The number of hydrogen-bond acceptors (Lipinski definition) is 5. The molecule has 6 nitrogen and oxygen atoms in total. The number of benzene rings is 1. The number of alkyl halides is 3. The van der Waals surface area contributed by atoms with Crippen LogP contribution in [-0.4, -0.2) is 32.8 Å². The number of rotatable bonds is 8. The second kappa shape index (κ2) is 8.20. The van der Waals surface area contributed by atoms with Gasteiger partial charge < -0.3 is 14.6 Å². The average Bonchev–Trinajstić information content (AvgIpc) is 3.37. The quantitative estimate of drug-likeness (QED) is 0.687. The van der Waals surface area contributed by atoms with Gasteiger partial charge in [-0.15, -0.1) is 23.4 Å². The molecule has 27 heavy (non-hydrogen) atoms. The van der Waals surface area contributed by atoms with Crippen molar-refractivity contribution in [1.29, 1.82) is 0 Å². The zero-order valence-corrected chi connectivity index (χ0v) is 15.4. The topological polar surface area (TPSA) is 69.0 Å². The van der Waals surface area contributed by atoms with Crippen LogP contribution in [-0.2, 0) is 17.9 Å². The molecule has 0 saturated heterocycles. The molecule has 146 valence electrons. The maximum absolute atomic E-state index is 12.4. The van der Waals surface area contributed by atoms with Crippen LogP contribution in [0, 0.1) is 0 Å². The van der Waals surface area contributed by atoms with Gasteiger partial charge in [-0.25, -0.2) is 0 Å². The summed E-state index contributed by atoms with van der Waals surface area (Å²) >= 11 is 1.26. The fourth-order valence-electron chi connectivity index (χ4n) is 2.60. The molecule has 0 atom stereocenters. The molecular formula is C17H19F3N4O2S. The normalized spacial score (nSPS) is 14.2. The second-order valence-corrected chi connectivity index (χ2v) is 7.02. The monoisotopic (exact) mass is 400 g/mol. The molecule has 0 aliphatic heterocycles. The molecule has 1 saturated carbocycles. The molecule has 10 heteroatoms. The Labute approximate surface area is 158 Å². The average molecular weight is 400 g/mol. The van der Waals surface area contributed by atoms with E-state index in [1.807, 2.05) is 11.5 Å². The lowest BCUT2D eigenvalue weighted by Crippen LogP contribution is -2.26. The van der Waals surface area contributed by atoms with E-state index in [2.05, 4.69) is 20.3 Å². The Balaban J connectivity index is 1.54. The number of thioether (sulfide) groups is 1. The number of nitrogens with one attached hydrogen (secondary N) is 1. The minimum Gasteiger partial charge on any atom is -0.405 e. The number of carbonyl (C=O) groups is 1. The van der Waals surface area contributed by atoms with Gasteiger partial charge in [0.25, 0.3) is 0 Å². The number of hydrogen-bond donors (Lipinski definition) is 1. The van der Waals surface area contributed by atoms with E-state index in [1.54, 1.807) is 6.07 Å². The first-order valence-electron chi connectivity index (χ1n) is 8.53. The van der Waals surface area contributed by atoms with Gasteiger partial charge in [0.2, 0.25) is 5.91 Å². The molecule has 1 N–H and O–H groups in total. The molecule has 1 aliphatic carbocycles. The van der Waals surface area contributed by atoms with Gasteiger partial charge in [0, 0.05) is 24.6 Å². The second-order valence-electron chi connectivity index (χ2n) is 6.08. The third-order valence-electron chi connectivity index (χ3n) is 4.01. The van der Waals surface area contributed by atoms with Crippen LogP contribution in [0.25, 0.3) is 0 Å². The molecule has 1 heterocycles. The smallest absolute Gasteiger partial charge is 0.405 e. The van der Waals surface area contributed by atoms with E-state index >= 15 is 0 Å². The van der Waals surface area contributed by atoms with E-state index in [1.165, 1.54) is 30.0 Å². The van der Waals surface area contributed by atoms with E-state index in [0.717, 1.165) is 25.2 Å². The Morgan fingerprint density at radius 1 is 1.33 bits per heavy atom. The van der Waals surface area contributed by atoms with Crippen molar-refractivity contribution in [3.63, 3.8) is 0 Å². The molecule has 0 bridgehead atoms. The van der Waals surface area contributed by atoms with Crippen LogP contribution in [0.1, 0.15) is 37.1 Å². The molecule has 0 radical (unpaired) electrons. The van der Waals surface area contributed by atoms with Crippen molar-refractivity contribution in [3.8, 4) is 5.75 Å². The largest absolute Gasteiger partial charge is 0.573 e. The van der Waals surface area contributed by atoms with Crippen molar-refractivity contribution in [2.45, 2.75) is 50.3 Å². The van der Waals surface area contributed by atoms with Crippen molar-refractivity contribution in [1.82, 2.24) is 20.1 Å². The predicted molar refractivity (Wildman–Crippen MR) is 93.4 cm³/mol. The molecule has 1 fully saturated rings. The summed E-state index contributed by atoms with van der Waals surface area (Å²) in [5, 5.41) is 11.6. The first kappa shape index (κ1) is 19.5. The summed E-state index contributed by atoms with van der Waals surface area (Å²) in [5.74, 6) is 0.896. The first-order chi connectivity index (χ1) is 12.9. The van der Waals surface area contributed by atoms with Gasteiger partial charge in [0.05, 0.1) is 5.75 Å². The fourth-order valence-corrected chi connectivity index (χ4v) is 3.44. The lowest BCUT2D eigenvalue weighted by Gasteiger charge is -2.13. The summed E-state index contributed by atoms with van der Waals surface area (Å²) in [4.78, 5) is 12.1. The summed E-state index contributed by atoms with van der Waals surface area (Å²) in [6.07, 6.45) is -2.55. The minimum atomic E-state index is -4.78. The van der Waals surface area contributed by atoms with Crippen LogP contribution >= 0.6 is 11.8 Å². The van der Waals surface area contributed by atoms with E-state index in [0.29, 0.717) is 11.1 Å². The molecule has 2 aromatic rings. The number of nitrogens with zero attached hydrogens (tertiary/aromatic N) is 3. The molecule has 0 unspecified atom stereocenters. The third kappa shape index (κ3) is 5.38. The number of amides is 1. The predicted octanol–water partition coefficient (Wildman–Crippen LogP) is 3.48. The number of para-hydroxylation sites is 1. The summed E-state index contributed by atoms with van der Waals surface area (Å²) in [7, 11) is 0. The molecule has 1 amide bonds. The van der Waals surface area contributed by atoms with Crippen LogP contribution in [0.15, 0.2) is 29.4 Å². The highest BCUT2D eigenvalue weighted by Gasteiger charge is 2.32. The molecule has 3 rings (SSSR count). The van der Waals surface area contributed by atoms with Crippen LogP contribution in [0.3, 0.4) is 0 Å². The van der Waals surface area contributed by atoms with Crippen LogP contribution in [0.2, 0.25) is 0 Å². The number of aromatic nitrogens is 3. The van der Waals surface area contributed by atoms with Crippen LogP contribution in [0.5, 0.6) is 5.75 Å². The maximum Gasteiger partial charge on any atom is 0.573 e. The molecular weight excluding hydrogens is 381 g/mol. The summed E-state index contributed by atoms with van der Waals surface area (Å²) in [5.41, 5.74) is 0.251. The number of ether oxygens (including phenoxy) is 1. The Morgan fingerprint density at radius 2 is 2.07 bits per heavy atom. The summed E-state index contributed by atoms with van der Waals surface area (Å²) in [6.45, 7) is 2.67. The van der Waals surface area contributed by atoms with Crippen molar-refractivity contribution in [2.75, 3.05) is 5.75 Å². The first-order valence-corrected chi connectivity index (χ1v) is 9.52. The van der Waals surface area contributed by atoms with E-state index < -0.39 is 6.36 Å². The Hall–Kier alpha value is -2.23. The Bertz CT molecular complexity index is 806. The Morgan fingerprint density at radius 3 is 2.74 bits per heavy atom. The van der Waals surface area contributed by atoms with Crippen molar-refractivity contribution < 1.29 is 22.7 Å². The van der Waals surface area contributed by atoms with Gasteiger partial charge in [-0.05, 0) is 25.8 Å². The number of carbonyl (C=O) groups excluding carboxylic acids is 1. The van der Waals surface area contributed by atoms with Crippen molar-refractivity contribution >= 4 is 17.7 Å². The van der Waals surface area contributed by atoms with Gasteiger partial charge in [0.15, 0.2) is 5.16 Å². The zero-order valence-electron chi connectivity index (χ0n) is 14.6. The standard InChI is InChI=1S/C17H19F3N4O2S/c1-2-24-15(11-7-8-11)22-23-16(24)27-10-14(25)21-9-12-5-3-4-6-13(12)26-17(18,19)20/h3-6,11H,2,7-10H2,1H3,(H,21,25).